The number of nitrogens with zero attached hydrogens (tertiary/aromatic N) is 2. The molecule has 14 rings (SSSR count). The zero-order valence-corrected chi connectivity index (χ0v) is 32.8. The van der Waals surface area contributed by atoms with Crippen molar-refractivity contribution in [1.82, 2.24) is 4.57 Å². The minimum absolute atomic E-state index is 0.0939. The predicted octanol–water partition coefficient (Wildman–Crippen LogP) is 14.3. The number of rotatable bonds is 4. The summed E-state index contributed by atoms with van der Waals surface area (Å²) in [6, 6.07) is 60.3. The van der Waals surface area contributed by atoms with E-state index in [1.54, 1.807) is 11.1 Å². The Bertz CT molecular complexity index is 2930. The summed E-state index contributed by atoms with van der Waals surface area (Å²) in [7, 11) is 0. The number of aromatic nitrogens is 1. The Balaban J connectivity index is 1.04. The topological polar surface area (TPSA) is 8.17 Å². The third kappa shape index (κ3) is 4.21. The van der Waals surface area contributed by atoms with Gasteiger partial charge in [0.05, 0.1) is 11.0 Å². The van der Waals surface area contributed by atoms with Gasteiger partial charge in [0, 0.05) is 44.4 Å². The van der Waals surface area contributed by atoms with Gasteiger partial charge in [-0.15, -0.1) is 0 Å². The van der Waals surface area contributed by atoms with E-state index in [0.717, 1.165) is 23.7 Å². The van der Waals surface area contributed by atoms with Crippen LogP contribution in [-0.2, 0) is 10.8 Å². The molecule has 4 fully saturated rings. The molecule has 1 spiro atoms. The van der Waals surface area contributed by atoms with Crippen molar-refractivity contribution in [3.63, 3.8) is 0 Å². The molecule has 1 aromatic heterocycles. The van der Waals surface area contributed by atoms with Crippen LogP contribution in [0.1, 0.15) is 68.2 Å². The Hall–Kier alpha value is -5.86. The van der Waals surface area contributed by atoms with Crippen molar-refractivity contribution < 1.29 is 0 Å². The Labute approximate surface area is 335 Å². The van der Waals surface area contributed by atoms with Crippen LogP contribution in [0, 0.1) is 23.7 Å². The minimum Gasteiger partial charge on any atom is -0.310 e. The molecule has 0 amide bonds. The van der Waals surface area contributed by atoms with Crippen LogP contribution < -0.4 is 4.90 Å². The highest BCUT2D eigenvalue weighted by Gasteiger charge is 2.61. The Kier molecular flexibility index (Phi) is 6.44. The zero-order chi connectivity index (χ0) is 37.6. The maximum atomic E-state index is 2.58. The monoisotopic (exact) mass is 734 g/mol. The summed E-state index contributed by atoms with van der Waals surface area (Å²) >= 11 is 0. The van der Waals surface area contributed by atoms with Crippen LogP contribution >= 0.6 is 0 Å². The van der Waals surface area contributed by atoms with Crippen LogP contribution in [0.15, 0.2) is 158 Å². The lowest BCUT2D eigenvalue weighted by Crippen LogP contribution is -2.55. The first-order valence-electron chi connectivity index (χ1n) is 21.4. The van der Waals surface area contributed by atoms with Crippen molar-refractivity contribution in [3.8, 4) is 27.9 Å². The first kappa shape index (κ1) is 32.2. The average Bonchev–Trinajstić information content (AvgIpc) is 3.81. The summed E-state index contributed by atoms with van der Waals surface area (Å²) in [5.74, 6) is 3.37. The van der Waals surface area contributed by atoms with Crippen molar-refractivity contribution in [2.45, 2.75) is 56.8 Å². The van der Waals surface area contributed by atoms with Gasteiger partial charge in [-0.25, -0.2) is 0 Å². The van der Waals surface area contributed by atoms with Crippen molar-refractivity contribution >= 4 is 38.9 Å². The number of anilines is 3. The molecular weight excluding hydrogens is 689 g/mol. The van der Waals surface area contributed by atoms with E-state index in [0.29, 0.717) is 0 Å². The van der Waals surface area contributed by atoms with Crippen molar-refractivity contribution in [3.05, 3.63) is 180 Å². The lowest BCUT2D eigenvalue weighted by Gasteiger charge is -2.61. The number of hydrogen-bond donors (Lipinski definition) is 0. The van der Waals surface area contributed by atoms with Gasteiger partial charge in [0.25, 0.3) is 0 Å². The molecular formula is C55H46N2. The van der Waals surface area contributed by atoms with Gasteiger partial charge < -0.3 is 9.47 Å². The van der Waals surface area contributed by atoms with Gasteiger partial charge in [-0.2, -0.15) is 0 Å². The fraction of sp³-hybridized carbons (Fsp3) is 0.236. The summed E-state index contributed by atoms with van der Waals surface area (Å²) < 4.78 is 2.42. The van der Waals surface area contributed by atoms with Gasteiger partial charge in [0.1, 0.15) is 0 Å². The normalized spacial score (nSPS) is 24.2. The molecule has 0 unspecified atom stereocenters. The fourth-order valence-electron chi connectivity index (χ4n) is 13.5. The minimum atomic E-state index is -0.0939. The van der Waals surface area contributed by atoms with E-state index in [-0.39, 0.29) is 10.8 Å². The number of fused-ring (bicyclic) bond motifs is 9. The van der Waals surface area contributed by atoms with E-state index in [1.807, 2.05) is 0 Å². The first-order valence-corrected chi connectivity index (χ1v) is 21.4. The molecule has 0 aliphatic heterocycles. The summed E-state index contributed by atoms with van der Waals surface area (Å²) in [6.45, 7) is 4.79. The van der Waals surface area contributed by atoms with E-state index in [2.05, 4.69) is 181 Å². The van der Waals surface area contributed by atoms with Crippen molar-refractivity contribution in [2.24, 2.45) is 23.7 Å². The Morgan fingerprint density at radius 2 is 1.00 bits per heavy atom. The number of para-hydroxylation sites is 2. The second kappa shape index (κ2) is 11.4. The molecule has 4 bridgehead atoms. The van der Waals surface area contributed by atoms with Gasteiger partial charge in [-0.3, -0.25) is 0 Å². The van der Waals surface area contributed by atoms with Gasteiger partial charge in [0.15, 0.2) is 0 Å². The molecule has 276 valence electrons. The maximum Gasteiger partial charge on any atom is 0.0542 e. The summed E-state index contributed by atoms with van der Waals surface area (Å²) in [6.07, 6.45) is 7.08. The number of benzene rings is 7. The lowest BCUT2D eigenvalue weighted by atomic mass is 9.43. The molecule has 0 radical (unpaired) electrons. The van der Waals surface area contributed by atoms with Crippen molar-refractivity contribution in [1.29, 1.82) is 0 Å². The van der Waals surface area contributed by atoms with Crippen LogP contribution in [0.4, 0.5) is 17.1 Å². The summed E-state index contributed by atoms with van der Waals surface area (Å²) in [5.41, 5.74) is 19.0. The van der Waals surface area contributed by atoms with Crippen LogP contribution in [0.3, 0.4) is 0 Å². The standard InChI is InChI=1S/C55H46N2/c1-54(2)48-17-9-6-14-42(48)44-23-20-41(33-51(44)54)56(40-22-25-53-47(32-40)45-16-8-11-19-52(45)57(53)38-12-4-3-5-13-38)39-21-24-50-46(31-39)43-15-7-10-18-49(43)55(50)36-27-34-26-35(29-36)30-37(55)28-34/h3-25,31-37H,26-30H2,1-2H3. The van der Waals surface area contributed by atoms with Crippen LogP contribution in [0.25, 0.3) is 49.7 Å². The van der Waals surface area contributed by atoms with Crippen LogP contribution in [0.2, 0.25) is 0 Å². The van der Waals surface area contributed by atoms with Crippen molar-refractivity contribution in [2.75, 3.05) is 4.90 Å². The molecule has 57 heavy (non-hydrogen) atoms. The quantitative estimate of drug-likeness (QED) is 0.175. The first-order chi connectivity index (χ1) is 28.0. The zero-order valence-electron chi connectivity index (χ0n) is 32.8. The van der Waals surface area contributed by atoms with E-state index in [9.17, 15) is 0 Å². The van der Waals surface area contributed by atoms with E-state index in [4.69, 9.17) is 0 Å². The molecule has 6 aliphatic rings. The summed E-state index contributed by atoms with van der Waals surface area (Å²) in [4.78, 5) is 2.55. The molecule has 1 heterocycles. The molecule has 4 saturated carbocycles. The molecule has 8 aromatic rings. The Morgan fingerprint density at radius 3 is 1.79 bits per heavy atom. The second-order valence-electron chi connectivity index (χ2n) is 18.6. The smallest absolute Gasteiger partial charge is 0.0542 e. The molecule has 0 saturated heterocycles. The largest absolute Gasteiger partial charge is 0.310 e. The highest BCUT2D eigenvalue weighted by molar-refractivity contribution is 6.10. The maximum absolute atomic E-state index is 2.58. The molecule has 0 N–H and O–H groups in total. The Morgan fingerprint density at radius 1 is 0.439 bits per heavy atom. The summed E-state index contributed by atoms with van der Waals surface area (Å²) in [5, 5.41) is 2.54. The van der Waals surface area contributed by atoms with E-state index < -0.39 is 0 Å². The highest BCUT2D eigenvalue weighted by atomic mass is 15.1. The third-order valence-electron chi connectivity index (χ3n) is 15.5. The second-order valence-corrected chi connectivity index (χ2v) is 18.6. The molecule has 2 nitrogen and oxygen atoms in total. The van der Waals surface area contributed by atoms with Crippen LogP contribution in [0.5, 0.6) is 0 Å². The van der Waals surface area contributed by atoms with Gasteiger partial charge in [0.2, 0.25) is 0 Å². The fourth-order valence-corrected chi connectivity index (χ4v) is 13.5. The van der Waals surface area contributed by atoms with E-state index in [1.165, 1.54) is 110 Å². The molecule has 2 heteroatoms. The average molecular weight is 735 g/mol. The molecule has 6 aliphatic carbocycles. The highest BCUT2D eigenvalue weighted by Crippen LogP contribution is 2.69. The molecule has 7 aromatic carbocycles. The lowest BCUT2D eigenvalue weighted by molar-refractivity contribution is -0.0399. The molecule has 0 atom stereocenters. The van der Waals surface area contributed by atoms with Gasteiger partial charge >= 0.3 is 0 Å². The third-order valence-corrected chi connectivity index (χ3v) is 15.5. The van der Waals surface area contributed by atoms with Crippen LogP contribution in [-0.4, -0.2) is 4.57 Å². The van der Waals surface area contributed by atoms with Gasteiger partial charge in [-0.05, 0) is 161 Å². The number of hydrogen-bond acceptors (Lipinski definition) is 1. The predicted molar refractivity (Wildman–Crippen MR) is 236 cm³/mol. The van der Waals surface area contributed by atoms with E-state index >= 15 is 0 Å². The SMILES string of the molecule is CC1(C)c2ccccc2-c2ccc(N(c3ccc4c(c3)-c3ccccc3C43C4CC5CC(C4)CC3C5)c3ccc4c(c3)c3ccccc3n4-c3ccccc3)cc21. The van der Waals surface area contributed by atoms with Gasteiger partial charge in [-0.1, -0.05) is 111 Å².